The molecule has 0 amide bonds. The van der Waals surface area contributed by atoms with Crippen LogP contribution in [0.1, 0.15) is 16.7 Å². The maximum Gasteiger partial charge on any atom is 0.170 e. The third-order valence-corrected chi connectivity index (χ3v) is 3.49. The number of halogens is 1. The van der Waals surface area contributed by atoms with Crippen molar-refractivity contribution in [3.8, 4) is 5.75 Å². The molecule has 2 aromatic carbocycles. The van der Waals surface area contributed by atoms with Crippen LogP contribution in [0.5, 0.6) is 5.75 Å². The summed E-state index contributed by atoms with van der Waals surface area (Å²) in [6.45, 7) is 2.36. The molecule has 5 heteroatoms. The Morgan fingerprint density at radius 3 is 2.75 bits per heavy atom. The fourth-order valence-corrected chi connectivity index (χ4v) is 2.44. The topological polar surface area (TPSA) is 67.8 Å². The van der Waals surface area contributed by atoms with Gasteiger partial charge in [0.2, 0.25) is 0 Å². The van der Waals surface area contributed by atoms with E-state index < -0.39 is 0 Å². The molecule has 0 saturated carbocycles. The van der Waals surface area contributed by atoms with Crippen LogP contribution < -0.4 is 10.5 Å². The van der Waals surface area contributed by atoms with Gasteiger partial charge in [0.1, 0.15) is 12.4 Å². The lowest BCUT2D eigenvalue weighted by Gasteiger charge is -2.11. The molecule has 0 aliphatic carbocycles. The van der Waals surface area contributed by atoms with Crippen LogP contribution >= 0.6 is 15.9 Å². The number of benzene rings is 2. The molecule has 2 aromatic rings. The molecule has 0 fully saturated rings. The first-order valence-corrected chi connectivity index (χ1v) is 6.86. The predicted molar refractivity (Wildman–Crippen MR) is 82.2 cm³/mol. The first kappa shape index (κ1) is 14.4. The van der Waals surface area contributed by atoms with Crippen molar-refractivity contribution in [1.82, 2.24) is 0 Å². The van der Waals surface area contributed by atoms with Crippen LogP contribution in [0.25, 0.3) is 0 Å². The van der Waals surface area contributed by atoms with Crippen molar-refractivity contribution in [3.63, 3.8) is 0 Å². The van der Waals surface area contributed by atoms with E-state index >= 15 is 0 Å². The number of nitrogens with two attached hydrogens (primary N) is 1. The molecule has 0 heterocycles. The van der Waals surface area contributed by atoms with Crippen molar-refractivity contribution in [2.45, 2.75) is 13.5 Å². The molecule has 0 saturated heterocycles. The van der Waals surface area contributed by atoms with Gasteiger partial charge in [0.25, 0.3) is 0 Å². The summed E-state index contributed by atoms with van der Waals surface area (Å²) in [4.78, 5) is 0. The molecule has 0 aliphatic heterocycles. The Bertz CT molecular complexity index is 642. The number of amidine groups is 1. The molecule has 2 rings (SSSR count). The molecule has 20 heavy (non-hydrogen) atoms. The average molecular weight is 335 g/mol. The fourth-order valence-electron chi connectivity index (χ4n) is 1.83. The summed E-state index contributed by atoms with van der Waals surface area (Å²) in [5, 5.41) is 11.8. The van der Waals surface area contributed by atoms with E-state index in [0.717, 1.165) is 21.3 Å². The molecule has 0 bridgehead atoms. The summed E-state index contributed by atoms with van der Waals surface area (Å²) < 4.78 is 6.68. The van der Waals surface area contributed by atoms with E-state index in [1.807, 2.05) is 43.3 Å². The third-order valence-electron chi connectivity index (χ3n) is 2.87. The van der Waals surface area contributed by atoms with Crippen molar-refractivity contribution in [1.29, 1.82) is 0 Å². The molecule has 0 spiro atoms. The summed E-state index contributed by atoms with van der Waals surface area (Å²) in [6.07, 6.45) is 0. The van der Waals surface area contributed by atoms with E-state index in [9.17, 15) is 0 Å². The second-order valence-electron chi connectivity index (χ2n) is 4.36. The van der Waals surface area contributed by atoms with Gasteiger partial charge in [0, 0.05) is 11.1 Å². The summed E-state index contributed by atoms with van der Waals surface area (Å²) in [5.74, 6) is 0.831. The van der Waals surface area contributed by atoms with Gasteiger partial charge >= 0.3 is 0 Å². The van der Waals surface area contributed by atoms with Gasteiger partial charge in [-0.15, -0.1) is 0 Å². The zero-order valence-electron chi connectivity index (χ0n) is 11.0. The van der Waals surface area contributed by atoms with Crippen LogP contribution in [0, 0.1) is 6.92 Å². The Morgan fingerprint density at radius 1 is 1.30 bits per heavy atom. The molecular formula is C15H15BrN2O2. The predicted octanol–water partition coefficient (Wildman–Crippen LogP) is 3.43. The number of ether oxygens (including phenoxy) is 1. The normalized spacial score (nSPS) is 11.4. The molecule has 4 nitrogen and oxygen atoms in total. The molecule has 0 radical (unpaired) electrons. The highest BCUT2D eigenvalue weighted by Crippen LogP contribution is 2.26. The summed E-state index contributed by atoms with van der Waals surface area (Å²) in [5.41, 5.74) is 8.32. The standard InChI is InChI=1S/C15H15BrN2O2/c1-10-6-7-14(13(16)8-10)20-9-11-4-2-3-5-12(11)15(17)18-19/h2-8,19H,9H2,1H3,(H2,17,18). The average Bonchev–Trinajstić information content (AvgIpc) is 2.46. The summed E-state index contributed by atoms with van der Waals surface area (Å²) >= 11 is 3.47. The molecular weight excluding hydrogens is 320 g/mol. The largest absolute Gasteiger partial charge is 0.488 e. The maximum atomic E-state index is 8.79. The molecule has 104 valence electrons. The molecule has 0 atom stereocenters. The highest BCUT2D eigenvalue weighted by Gasteiger charge is 2.08. The van der Waals surface area contributed by atoms with Gasteiger partial charge in [-0.3, -0.25) is 0 Å². The fraction of sp³-hybridized carbons (Fsp3) is 0.133. The molecule has 0 aliphatic rings. The van der Waals surface area contributed by atoms with Crippen molar-refractivity contribution in [2.75, 3.05) is 0 Å². The zero-order valence-corrected chi connectivity index (χ0v) is 12.6. The number of nitrogens with zero attached hydrogens (tertiary/aromatic N) is 1. The Kier molecular flexibility index (Phi) is 4.63. The lowest BCUT2D eigenvalue weighted by molar-refractivity contribution is 0.303. The lowest BCUT2D eigenvalue weighted by atomic mass is 10.1. The number of aryl methyl sites for hydroxylation is 1. The second-order valence-corrected chi connectivity index (χ2v) is 5.22. The van der Waals surface area contributed by atoms with E-state index in [1.54, 1.807) is 6.07 Å². The SMILES string of the molecule is Cc1ccc(OCc2ccccc2/C(N)=N/O)c(Br)c1. The minimum absolute atomic E-state index is 0.0761. The van der Waals surface area contributed by atoms with Crippen molar-refractivity contribution in [3.05, 3.63) is 63.6 Å². The van der Waals surface area contributed by atoms with Gasteiger partial charge in [0.05, 0.1) is 4.47 Å². The van der Waals surface area contributed by atoms with Gasteiger partial charge in [-0.05, 0) is 40.5 Å². The minimum atomic E-state index is 0.0761. The number of hydrogen-bond acceptors (Lipinski definition) is 3. The number of oxime groups is 1. The van der Waals surface area contributed by atoms with E-state index in [2.05, 4.69) is 21.1 Å². The van der Waals surface area contributed by atoms with Crippen LogP contribution in [0.15, 0.2) is 52.1 Å². The maximum absolute atomic E-state index is 8.79. The van der Waals surface area contributed by atoms with E-state index in [0.29, 0.717) is 12.2 Å². The Hall–Kier alpha value is -2.01. The first-order valence-electron chi connectivity index (χ1n) is 6.06. The third kappa shape index (κ3) is 3.30. The smallest absolute Gasteiger partial charge is 0.170 e. The summed E-state index contributed by atoms with van der Waals surface area (Å²) in [6, 6.07) is 13.3. The summed E-state index contributed by atoms with van der Waals surface area (Å²) in [7, 11) is 0. The Morgan fingerprint density at radius 2 is 2.05 bits per heavy atom. The number of hydrogen-bond donors (Lipinski definition) is 2. The van der Waals surface area contributed by atoms with Crippen molar-refractivity contribution >= 4 is 21.8 Å². The zero-order chi connectivity index (χ0) is 14.5. The molecule has 3 N–H and O–H groups in total. The van der Waals surface area contributed by atoms with Gasteiger partial charge in [-0.25, -0.2) is 0 Å². The Balaban J connectivity index is 2.19. The highest BCUT2D eigenvalue weighted by atomic mass is 79.9. The van der Waals surface area contributed by atoms with Gasteiger partial charge in [-0.2, -0.15) is 0 Å². The van der Waals surface area contributed by atoms with Crippen LogP contribution in [0.2, 0.25) is 0 Å². The highest BCUT2D eigenvalue weighted by molar-refractivity contribution is 9.10. The van der Waals surface area contributed by atoms with Crippen LogP contribution in [-0.2, 0) is 6.61 Å². The molecule has 0 unspecified atom stereocenters. The van der Waals surface area contributed by atoms with E-state index in [4.69, 9.17) is 15.7 Å². The number of rotatable bonds is 4. The van der Waals surface area contributed by atoms with Crippen LogP contribution in [0.3, 0.4) is 0 Å². The first-order chi connectivity index (χ1) is 9.61. The van der Waals surface area contributed by atoms with Crippen molar-refractivity contribution < 1.29 is 9.94 Å². The molecule has 0 aromatic heterocycles. The quantitative estimate of drug-likeness (QED) is 0.389. The van der Waals surface area contributed by atoms with Crippen molar-refractivity contribution in [2.24, 2.45) is 10.9 Å². The minimum Gasteiger partial charge on any atom is -0.488 e. The lowest BCUT2D eigenvalue weighted by Crippen LogP contribution is -2.16. The monoisotopic (exact) mass is 334 g/mol. The van der Waals surface area contributed by atoms with Gasteiger partial charge in [0.15, 0.2) is 5.84 Å². The van der Waals surface area contributed by atoms with E-state index in [-0.39, 0.29) is 5.84 Å². The van der Waals surface area contributed by atoms with Gasteiger partial charge in [-0.1, -0.05) is 35.5 Å². The van der Waals surface area contributed by atoms with Gasteiger partial charge < -0.3 is 15.7 Å². The van der Waals surface area contributed by atoms with Crippen LogP contribution in [0.4, 0.5) is 0 Å². The van der Waals surface area contributed by atoms with E-state index in [1.165, 1.54) is 0 Å². The van der Waals surface area contributed by atoms with Crippen LogP contribution in [-0.4, -0.2) is 11.0 Å². The Labute approximate surface area is 126 Å². The second kappa shape index (κ2) is 6.43.